The van der Waals surface area contributed by atoms with Crippen LogP contribution in [0.4, 0.5) is 0 Å². The van der Waals surface area contributed by atoms with Gasteiger partial charge < -0.3 is 4.74 Å². The van der Waals surface area contributed by atoms with E-state index >= 15 is 0 Å². The first-order valence-electron chi connectivity index (χ1n) is 5.79. The van der Waals surface area contributed by atoms with Crippen LogP contribution in [0.15, 0.2) is 15.8 Å². The molecule has 2 aliphatic rings. The van der Waals surface area contributed by atoms with Gasteiger partial charge in [0.25, 0.3) is 5.56 Å². The van der Waals surface area contributed by atoms with E-state index in [1.54, 1.807) is 6.92 Å². The van der Waals surface area contributed by atoms with E-state index in [-0.39, 0.29) is 18.8 Å². The topological polar surface area (TPSA) is 99.6 Å². The summed E-state index contributed by atoms with van der Waals surface area (Å²) in [4.78, 5) is 25.3. The smallest absolute Gasteiger partial charge is 0.349 e. The number of aryl methyl sites for hydroxylation is 1. The van der Waals surface area contributed by atoms with E-state index in [1.807, 2.05) is 0 Å². The first-order valence-corrected chi connectivity index (χ1v) is 6.88. The molecule has 2 aliphatic heterocycles. The molecule has 9 heteroatoms. The van der Waals surface area contributed by atoms with Crippen LogP contribution < -0.4 is 11.2 Å². The molecule has 1 aromatic heterocycles. The van der Waals surface area contributed by atoms with Gasteiger partial charge >= 0.3 is 13.9 Å². The molecule has 0 saturated carbocycles. The largest absolute Gasteiger partial charge is 0.697 e. The van der Waals surface area contributed by atoms with Crippen LogP contribution in [-0.2, 0) is 18.3 Å². The lowest BCUT2D eigenvalue weighted by atomic mass is 10.2. The van der Waals surface area contributed by atoms with E-state index in [2.05, 4.69) is 4.98 Å². The van der Waals surface area contributed by atoms with Crippen molar-refractivity contribution in [3.63, 3.8) is 0 Å². The number of aromatic amines is 1. The van der Waals surface area contributed by atoms with Crippen molar-refractivity contribution in [2.45, 2.75) is 31.8 Å². The second-order valence-corrected chi connectivity index (χ2v) is 5.42. The van der Waals surface area contributed by atoms with Gasteiger partial charge in [0.1, 0.15) is 25.0 Å². The van der Waals surface area contributed by atoms with Crippen LogP contribution in [-0.4, -0.2) is 28.4 Å². The van der Waals surface area contributed by atoms with E-state index in [1.165, 1.54) is 10.8 Å². The first-order chi connectivity index (χ1) is 9.04. The van der Waals surface area contributed by atoms with Crippen molar-refractivity contribution in [1.82, 2.24) is 9.55 Å². The second kappa shape index (κ2) is 4.64. The van der Waals surface area contributed by atoms with E-state index in [9.17, 15) is 14.2 Å². The van der Waals surface area contributed by atoms with Crippen molar-refractivity contribution in [1.29, 1.82) is 0 Å². The lowest BCUT2D eigenvalue weighted by Gasteiger charge is -2.15. The number of nitrogens with one attached hydrogen (secondary N) is 1. The predicted octanol–water partition coefficient (Wildman–Crippen LogP) is 0.205. The molecule has 2 fully saturated rings. The Kier molecular flexibility index (Phi) is 3.10. The van der Waals surface area contributed by atoms with Crippen molar-refractivity contribution in [2.75, 3.05) is 6.61 Å². The van der Waals surface area contributed by atoms with Gasteiger partial charge in [-0.05, 0) is 6.92 Å². The molecule has 1 aromatic rings. The minimum absolute atomic E-state index is 0.174. The quantitative estimate of drug-likeness (QED) is 0.741. The zero-order valence-corrected chi connectivity index (χ0v) is 11.0. The van der Waals surface area contributed by atoms with Gasteiger partial charge in [0.2, 0.25) is 0 Å². The number of hydrogen-bond acceptors (Lipinski definition) is 6. The zero-order chi connectivity index (χ0) is 13.6. The minimum Gasteiger partial charge on any atom is -0.349 e. The number of hydrogen-bond donors (Lipinski definition) is 1. The van der Waals surface area contributed by atoms with Gasteiger partial charge in [0.05, 0.1) is 0 Å². The molecule has 8 nitrogen and oxygen atoms in total. The fourth-order valence-corrected chi connectivity index (χ4v) is 2.98. The van der Waals surface area contributed by atoms with Crippen LogP contribution in [0.2, 0.25) is 0 Å². The maximum atomic E-state index is 11.7. The predicted molar refractivity (Wildman–Crippen MR) is 63.0 cm³/mol. The molecule has 1 N–H and O–H groups in total. The number of ether oxygens (including phenoxy) is 1. The molecular weight excluding hydrogens is 275 g/mol. The fraction of sp³-hybridized carbons (Fsp3) is 0.600. The summed E-state index contributed by atoms with van der Waals surface area (Å²) in [5.74, 6) is 0. The summed E-state index contributed by atoms with van der Waals surface area (Å²) >= 11 is 0. The van der Waals surface area contributed by atoms with Crippen molar-refractivity contribution in [3.05, 3.63) is 32.6 Å². The Hall–Kier alpha value is -1.34. The van der Waals surface area contributed by atoms with Gasteiger partial charge in [-0.2, -0.15) is 0 Å². The highest BCUT2D eigenvalue weighted by Crippen LogP contribution is 2.41. The molecule has 3 rings (SSSR count). The SMILES string of the molecule is Cc1cn([C@H]2C[C@@H]3O[P+](=O)OC[C@H]3O2)c(=O)[nH]c1=O. The maximum absolute atomic E-state index is 11.7. The average Bonchev–Trinajstić information content (AvgIpc) is 2.76. The lowest BCUT2D eigenvalue weighted by Crippen LogP contribution is -2.33. The Morgan fingerprint density at radius 1 is 1.42 bits per heavy atom. The Bertz CT molecular complexity index is 638. The molecule has 0 bridgehead atoms. The molecular formula is C10H12N2O6P+. The van der Waals surface area contributed by atoms with E-state index in [0.717, 1.165) is 0 Å². The maximum Gasteiger partial charge on any atom is 0.697 e. The van der Waals surface area contributed by atoms with Crippen LogP contribution in [0.25, 0.3) is 0 Å². The Morgan fingerprint density at radius 3 is 3.00 bits per heavy atom. The number of fused-ring (bicyclic) bond motifs is 1. The fourth-order valence-electron chi connectivity index (χ4n) is 2.21. The summed E-state index contributed by atoms with van der Waals surface area (Å²) in [7, 11) is -2.11. The van der Waals surface area contributed by atoms with Crippen molar-refractivity contribution < 1.29 is 18.3 Å². The number of rotatable bonds is 1. The van der Waals surface area contributed by atoms with Crippen LogP contribution in [0.3, 0.4) is 0 Å². The van der Waals surface area contributed by atoms with Gasteiger partial charge in [-0.1, -0.05) is 0 Å². The summed E-state index contributed by atoms with van der Waals surface area (Å²) in [6.07, 6.45) is 0.575. The molecule has 0 aromatic carbocycles. The third-order valence-electron chi connectivity index (χ3n) is 3.20. The van der Waals surface area contributed by atoms with Gasteiger partial charge in [-0.25, -0.2) is 4.79 Å². The molecule has 0 radical (unpaired) electrons. The standard InChI is InChI=1S/C10H11N2O6P/c1-5-3-12(10(14)11-9(5)13)8-2-6-7(17-8)4-16-19(15)18-6/h3,6-8H,2,4H2,1H3/p+1/t6-,7+,8+/m0/s1. The van der Waals surface area contributed by atoms with Crippen LogP contribution >= 0.6 is 8.25 Å². The second-order valence-electron chi connectivity index (χ2n) is 4.51. The van der Waals surface area contributed by atoms with E-state index in [4.69, 9.17) is 13.8 Å². The van der Waals surface area contributed by atoms with Crippen LogP contribution in [0.5, 0.6) is 0 Å². The van der Waals surface area contributed by atoms with Crippen LogP contribution in [0, 0.1) is 6.92 Å². The number of nitrogens with zero attached hydrogens (tertiary/aromatic N) is 1. The lowest BCUT2D eigenvalue weighted by molar-refractivity contribution is -0.0546. The van der Waals surface area contributed by atoms with Crippen molar-refractivity contribution in [3.8, 4) is 0 Å². The highest BCUT2D eigenvalue weighted by Gasteiger charge is 2.48. The summed E-state index contributed by atoms with van der Waals surface area (Å²) in [5, 5.41) is 0. The zero-order valence-electron chi connectivity index (χ0n) is 10.1. The summed E-state index contributed by atoms with van der Waals surface area (Å²) in [6.45, 7) is 1.78. The molecule has 102 valence electrons. The monoisotopic (exact) mass is 287 g/mol. The normalized spacial score (nSPS) is 32.3. The number of H-pyrrole nitrogens is 1. The Balaban J connectivity index is 1.89. The van der Waals surface area contributed by atoms with E-state index in [0.29, 0.717) is 12.0 Å². The third kappa shape index (κ3) is 2.28. The van der Waals surface area contributed by atoms with Gasteiger partial charge in [-0.3, -0.25) is 14.3 Å². The van der Waals surface area contributed by atoms with Gasteiger partial charge in [-0.15, -0.1) is 9.05 Å². The van der Waals surface area contributed by atoms with E-state index < -0.39 is 25.7 Å². The number of aromatic nitrogens is 2. The molecule has 0 spiro atoms. The highest BCUT2D eigenvalue weighted by atomic mass is 31.1. The highest BCUT2D eigenvalue weighted by molar-refractivity contribution is 7.33. The van der Waals surface area contributed by atoms with Crippen molar-refractivity contribution in [2.24, 2.45) is 0 Å². The Morgan fingerprint density at radius 2 is 2.21 bits per heavy atom. The molecule has 4 atom stereocenters. The van der Waals surface area contributed by atoms with Crippen molar-refractivity contribution >= 4 is 8.25 Å². The molecule has 0 amide bonds. The van der Waals surface area contributed by atoms with Crippen LogP contribution in [0.1, 0.15) is 18.2 Å². The summed E-state index contributed by atoms with van der Waals surface area (Å²) in [6, 6.07) is 0. The molecule has 19 heavy (non-hydrogen) atoms. The summed E-state index contributed by atoms with van der Waals surface area (Å²) in [5.41, 5.74) is -0.537. The average molecular weight is 287 g/mol. The first kappa shape index (κ1) is 12.7. The minimum atomic E-state index is -2.11. The molecule has 3 heterocycles. The Labute approximate surface area is 108 Å². The summed E-state index contributed by atoms with van der Waals surface area (Å²) < 4.78 is 28.1. The molecule has 1 unspecified atom stereocenters. The molecule has 2 saturated heterocycles. The third-order valence-corrected chi connectivity index (χ3v) is 4.01. The molecule has 0 aliphatic carbocycles. The van der Waals surface area contributed by atoms with Gasteiger partial charge in [0.15, 0.2) is 0 Å². The van der Waals surface area contributed by atoms with Gasteiger partial charge in [0, 0.05) is 22.7 Å².